The first kappa shape index (κ1) is 9.40. The lowest BCUT2D eigenvalue weighted by atomic mass is 10.3. The van der Waals surface area contributed by atoms with E-state index >= 15 is 0 Å². The second kappa shape index (κ2) is 4.36. The van der Waals surface area contributed by atoms with Gasteiger partial charge >= 0.3 is 0 Å². The molecule has 0 saturated heterocycles. The first-order valence-electron chi connectivity index (χ1n) is 4.02. The molecule has 0 aliphatic carbocycles. The Labute approximate surface area is 77.9 Å². The van der Waals surface area contributed by atoms with Crippen molar-refractivity contribution in [2.24, 2.45) is 0 Å². The van der Waals surface area contributed by atoms with Crippen molar-refractivity contribution in [2.45, 2.75) is 13.3 Å². The summed E-state index contributed by atoms with van der Waals surface area (Å²) in [5.41, 5.74) is 7.10. The molecule has 0 fully saturated rings. The highest BCUT2D eigenvalue weighted by molar-refractivity contribution is 5.41. The highest BCUT2D eigenvalue weighted by atomic mass is 16.5. The van der Waals surface area contributed by atoms with Gasteiger partial charge < -0.3 is 10.5 Å². The van der Waals surface area contributed by atoms with E-state index in [0.29, 0.717) is 24.6 Å². The standard InChI is InChI=1S/C10H12N2O/c1-3-4-5-13-10-8(2)6-9(11)7-12-10/h1,6-7H,4-5,11H2,2H3. The highest BCUT2D eigenvalue weighted by Gasteiger charge is 2.00. The summed E-state index contributed by atoms with van der Waals surface area (Å²) >= 11 is 0. The maximum Gasteiger partial charge on any atom is 0.216 e. The van der Waals surface area contributed by atoms with E-state index < -0.39 is 0 Å². The first-order chi connectivity index (χ1) is 6.24. The number of hydrogen-bond acceptors (Lipinski definition) is 3. The summed E-state index contributed by atoms with van der Waals surface area (Å²) in [6.07, 6.45) is 7.24. The topological polar surface area (TPSA) is 48.1 Å². The van der Waals surface area contributed by atoms with Gasteiger partial charge in [-0.15, -0.1) is 12.3 Å². The Morgan fingerprint density at radius 2 is 2.46 bits per heavy atom. The van der Waals surface area contributed by atoms with Crippen LogP contribution in [0.5, 0.6) is 5.88 Å². The third-order valence-electron chi connectivity index (χ3n) is 1.54. The van der Waals surface area contributed by atoms with Gasteiger partial charge in [-0.25, -0.2) is 4.98 Å². The van der Waals surface area contributed by atoms with Crippen molar-refractivity contribution < 1.29 is 4.74 Å². The lowest BCUT2D eigenvalue weighted by molar-refractivity contribution is 0.312. The monoisotopic (exact) mass is 176 g/mol. The minimum absolute atomic E-state index is 0.494. The van der Waals surface area contributed by atoms with Crippen molar-refractivity contribution in [3.8, 4) is 18.2 Å². The predicted octanol–water partition coefficient (Wildman–Crippen LogP) is 1.37. The SMILES string of the molecule is C#CCCOc1ncc(N)cc1C. The number of ether oxygens (including phenoxy) is 1. The van der Waals surface area contributed by atoms with Crippen molar-refractivity contribution in [3.05, 3.63) is 17.8 Å². The van der Waals surface area contributed by atoms with Crippen LogP contribution < -0.4 is 10.5 Å². The molecule has 0 unspecified atom stereocenters. The molecule has 68 valence electrons. The van der Waals surface area contributed by atoms with Gasteiger partial charge in [0.2, 0.25) is 5.88 Å². The number of terminal acetylenes is 1. The molecule has 2 N–H and O–H groups in total. The van der Waals surface area contributed by atoms with Crippen LogP contribution in [0.15, 0.2) is 12.3 Å². The average molecular weight is 176 g/mol. The van der Waals surface area contributed by atoms with Crippen molar-refractivity contribution in [3.63, 3.8) is 0 Å². The normalized spacial score (nSPS) is 9.23. The van der Waals surface area contributed by atoms with Gasteiger partial charge in [0, 0.05) is 12.0 Å². The molecule has 0 atom stereocenters. The number of nitrogen functional groups attached to an aromatic ring is 1. The number of rotatable bonds is 3. The van der Waals surface area contributed by atoms with Gasteiger partial charge in [0.25, 0.3) is 0 Å². The maximum atomic E-state index is 5.53. The van der Waals surface area contributed by atoms with E-state index in [1.54, 1.807) is 6.20 Å². The molecule has 3 heteroatoms. The van der Waals surface area contributed by atoms with Crippen LogP contribution in [0.3, 0.4) is 0 Å². The van der Waals surface area contributed by atoms with E-state index in [1.165, 1.54) is 0 Å². The summed E-state index contributed by atoms with van der Waals surface area (Å²) < 4.78 is 5.32. The number of aromatic nitrogens is 1. The summed E-state index contributed by atoms with van der Waals surface area (Å²) in [6.45, 7) is 2.39. The van der Waals surface area contributed by atoms with Crippen molar-refractivity contribution >= 4 is 5.69 Å². The van der Waals surface area contributed by atoms with Crippen LogP contribution in [0.4, 0.5) is 5.69 Å². The lowest BCUT2D eigenvalue weighted by Gasteiger charge is -2.06. The van der Waals surface area contributed by atoms with E-state index in [4.69, 9.17) is 16.9 Å². The molecule has 1 aromatic rings. The highest BCUT2D eigenvalue weighted by Crippen LogP contribution is 2.16. The van der Waals surface area contributed by atoms with Crippen molar-refractivity contribution in [1.29, 1.82) is 0 Å². The number of pyridine rings is 1. The van der Waals surface area contributed by atoms with Crippen molar-refractivity contribution in [1.82, 2.24) is 4.98 Å². The second-order valence-corrected chi connectivity index (χ2v) is 2.69. The van der Waals surface area contributed by atoms with Crippen LogP contribution in [-0.4, -0.2) is 11.6 Å². The van der Waals surface area contributed by atoms with Crippen LogP contribution in [-0.2, 0) is 0 Å². The molecule has 13 heavy (non-hydrogen) atoms. The fraction of sp³-hybridized carbons (Fsp3) is 0.300. The van der Waals surface area contributed by atoms with E-state index in [0.717, 1.165) is 5.56 Å². The fourth-order valence-electron chi connectivity index (χ4n) is 0.942. The molecule has 0 amide bonds. The second-order valence-electron chi connectivity index (χ2n) is 2.69. The molecule has 0 aliphatic rings. The third-order valence-corrected chi connectivity index (χ3v) is 1.54. The van der Waals surface area contributed by atoms with E-state index in [2.05, 4.69) is 10.9 Å². The Kier molecular flexibility index (Phi) is 3.15. The molecular weight excluding hydrogens is 164 g/mol. The Hall–Kier alpha value is -1.69. The number of anilines is 1. The molecule has 1 rings (SSSR count). The molecule has 3 nitrogen and oxygen atoms in total. The molecule has 0 aromatic carbocycles. The van der Waals surface area contributed by atoms with Crippen LogP contribution in [0.25, 0.3) is 0 Å². The van der Waals surface area contributed by atoms with Crippen LogP contribution in [0.2, 0.25) is 0 Å². The van der Waals surface area contributed by atoms with E-state index in [9.17, 15) is 0 Å². The summed E-state index contributed by atoms with van der Waals surface area (Å²) in [5, 5.41) is 0. The lowest BCUT2D eigenvalue weighted by Crippen LogP contribution is -2.00. The fourth-order valence-corrected chi connectivity index (χ4v) is 0.942. The average Bonchev–Trinajstić information content (AvgIpc) is 2.09. The molecular formula is C10H12N2O. The van der Waals surface area contributed by atoms with Crippen molar-refractivity contribution in [2.75, 3.05) is 12.3 Å². The molecule has 0 saturated carbocycles. The van der Waals surface area contributed by atoms with Crippen LogP contribution in [0, 0.1) is 19.3 Å². The zero-order chi connectivity index (χ0) is 9.68. The van der Waals surface area contributed by atoms with Gasteiger partial charge in [-0.05, 0) is 13.0 Å². The molecule has 1 aromatic heterocycles. The zero-order valence-corrected chi connectivity index (χ0v) is 7.58. The van der Waals surface area contributed by atoms with Gasteiger partial charge in [0.15, 0.2) is 0 Å². The first-order valence-corrected chi connectivity index (χ1v) is 4.02. The largest absolute Gasteiger partial charge is 0.476 e. The van der Waals surface area contributed by atoms with E-state index in [1.807, 2.05) is 13.0 Å². The molecule has 0 spiro atoms. The summed E-state index contributed by atoms with van der Waals surface area (Å²) in [4.78, 5) is 4.03. The summed E-state index contributed by atoms with van der Waals surface area (Å²) in [7, 11) is 0. The Morgan fingerprint density at radius 1 is 1.69 bits per heavy atom. The smallest absolute Gasteiger partial charge is 0.216 e. The number of aryl methyl sites for hydroxylation is 1. The number of nitrogens with two attached hydrogens (primary N) is 1. The minimum Gasteiger partial charge on any atom is -0.476 e. The molecule has 0 aliphatic heterocycles. The van der Waals surface area contributed by atoms with Gasteiger partial charge in [-0.2, -0.15) is 0 Å². The Bertz CT molecular complexity index is 328. The van der Waals surface area contributed by atoms with Gasteiger partial charge in [0.05, 0.1) is 11.9 Å². The van der Waals surface area contributed by atoms with Crippen LogP contribution in [0.1, 0.15) is 12.0 Å². The quantitative estimate of drug-likeness (QED) is 0.559. The predicted molar refractivity (Wildman–Crippen MR) is 52.3 cm³/mol. The van der Waals surface area contributed by atoms with Gasteiger partial charge in [-0.3, -0.25) is 0 Å². The number of hydrogen-bond donors (Lipinski definition) is 1. The summed E-state index contributed by atoms with van der Waals surface area (Å²) in [6, 6.07) is 1.82. The number of nitrogens with zero attached hydrogens (tertiary/aromatic N) is 1. The molecule has 1 heterocycles. The maximum absolute atomic E-state index is 5.53. The summed E-state index contributed by atoms with van der Waals surface area (Å²) in [5.74, 6) is 3.09. The van der Waals surface area contributed by atoms with Gasteiger partial charge in [0.1, 0.15) is 6.61 Å². The molecule has 0 bridgehead atoms. The van der Waals surface area contributed by atoms with Crippen LogP contribution >= 0.6 is 0 Å². The minimum atomic E-state index is 0.494. The Balaban J connectivity index is 2.62. The van der Waals surface area contributed by atoms with Gasteiger partial charge in [-0.1, -0.05) is 0 Å². The third kappa shape index (κ3) is 2.68. The van der Waals surface area contributed by atoms with E-state index in [-0.39, 0.29) is 0 Å². The Morgan fingerprint density at radius 3 is 3.08 bits per heavy atom. The zero-order valence-electron chi connectivity index (χ0n) is 7.58. The molecule has 0 radical (unpaired) electrons.